The third-order valence-corrected chi connectivity index (χ3v) is 10.3. The predicted octanol–water partition coefficient (Wildman–Crippen LogP) is 8.40. The van der Waals surface area contributed by atoms with Crippen molar-refractivity contribution in [3.05, 3.63) is 0 Å². The van der Waals surface area contributed by atoms with Crippen molar-refractivity contribution < 1.29 is 51.9 Å². The molecule has 0 aromatic rings. The Bertz CT molecular complexity index is 856. The lowest BCUT2D eigenvalue weighted by atomic mass is 10.0. The van der Waals surface area contributed by atoms with Crippen molar-refractivity contribution >= 4 is 23.7 Å². The van der Waals surface area contributed by atoms with Crippen LogP contribution in [0, 0.1) is 0 Å². The molecule has 53 heavy (non-hydrogen) atoms. The van der Waals surface area contributed by atoms with Gasteiger partial charge in [0.25, 0.3) is 0 Å². The van der Waals surface area contributed by atoms with Gasteiger partial charge in [-0.05, 0) is 19.3 Å². The minimum atomic E-state index is -1.08. The van der Waals surface area contributed by atoms with Crippen LogP contribution < -0.4 is 18.1 Å². The number of carbonyl (C=O) groups is 4. The highest BCUT2D eigenvalue weighted by atomic mass is 35.5. The number of aliphatic carboxylic acids is 1. The number of ether oxygens (including phenoxy) is 2. The summed E-state index contributed by atoms with van der Waals surface area (Å²) in [6.07, 6.45) is 37.5. The Morgan fingerprint density at radius 3 is 1.15 bits per heavy atom. The monoisotopic (exact) mass is 774 g/mol. The van der Waals surface area contributed by atoms with Gasteiger partial charge in [-0.2, -0.15) is 0 Å². The number of quaternary nitrogens is 1. The van der Waals surface area contributed by atoms with E-state index >= 15 is 0 Å². The molecule has 0 fully saturated rings. The predicted molar refractivity (Wildman–Crippen MR) is 213 cm³/mol. The average Bonchev–Trinajstić information content (AvgIpc) is 3.12. The molecule has 0 saturated carbocycles. The van der Waals surface area contributed by atoms with E-state index in [1.807, 2.05) is 0 Å². The summed E-state index contributed by atoms with van der Waals surface area (Å²) in [7, 11) is 0. The molecule has 0 aliphatic heterocycles. The Labute approximate surface area is 332 Å². The highest BCUT2D eigenvalue weighted by Crippen LogP contribution is 2.16. The van der Waals surface area contributed by atoms with Crippen LogP contribution in [0.5, 0.6) is 0 Å². The van der Waals surface area contributed by atoms with Gasteiger partial charge in [0.2, 0.25) is 0 Å². The fraction of sp³-hybridized carbons (Fsp3) is 0.909. The molecule has 4 N–H and O–H groups in total. The molecular weight excluding hydrogens is 690 g/mol. The zero-order valence-electron chi connectivity index (χ0n) is 34.6. The van der Waals surface area contributed by atoms with Crippen LogP contribution in [-0.2, 0) is 28.7 Å². The molecule has 0 radical (unpaired) electrons. The number of carbonyl (C=O) groups excluding carboxylic acids is 3. The normalized spacial score (nSPS) is 12.2. The molecule has 0 aromatic heterocycles. The first-order valence-corrected chi connectivity index (χ1v) is 22.2. The van der Waals surface area contributed by atoms with Crippen molar-refractivity contribution in [1.82, 2.24) is 0 Å². The van der Waals surface area contributed by atoms with Gasteiger partial charge in [0.05, 0.1) is 0 Å². The molecular formula is C44H84ClNO7. The number of rotatable bonds is 41. The number of carboxylic acid groups (broad SMARTS) is 1. The van der Waals surface area contributed by atoms with E-state index in [1.165, 1.54) is 154 Å². The van der Waals surface area contributed by atoms with Crippen molar-refractivity contribution in [2.75, 3.05) is 6.61 Å². The van der Waals surface area contributed by atoms with Crippen LogP contribution in [0.3, 0.4) is 0 Å². The molecule has 0 aliphatic rings. The second-order valence-corrected chi connectivity index (χ2v) is 15.5. The Hall–Kier alpha value is -1.67. The van der Waals surface area contributed by atoms with Gasteiger partial charge in [0, 0.05) is 19.3 Å². The molecule has 0 spiro atoms. The Morgan fingerprint density at radius 2 is 0.811 bits per heavy atom. The second kappa shape index (κ2) is 41.5. The summed E-state index contributed by atoms with van der Waals surface area (Å²) in [5.74, 6) is -2.03. The lowest BCUT2D eigenvalue weighted by Crippen LogP contribution is -3.00. The first kappa shape index (κ1) is 53.4. The molecule has 0 bridgehead atoms. The first-order valence-electron chi connectivity index (χ1n) is 22.2. The molecule has 0 saturated heterocycles. The van der Waals surface area contributed by atoms with Gasteiger partial charge < -0.3 is 32.7 Å². The zero-order chi connectivity index (χ0) is 38.3. The van der Waals surface area contributed by atoms with E-state index in [1.54, 1.807) is 0 Å². The highest BCUT2D eigenvalue weighted by molar-refractivity contribution is 5.86. The number of esters is 2. The Balaban J connectivity index is 0. The summed E-state index contributed by atoms with van der Waals surface area (Å²) >= 11 is 0. The van der Waals surface area contributed by atoms with Crippen LogP contribution in [-0.4, -0.2) is 47.6 Å². The van der Waals surface area contributed by atoms with Gasteiger partial charge in [0.1, 0.15) is 19.1 Å². The minimum Gasteiger partial charge on any atom is -1.00 e. The number of ketones is 1. The smallest absolute Gasteiger partial charge is 0.309 e. The van der Waals surface area contributed by atoms with Crippen molar-refractivity contribution in [2.24, 2.45) is 0 Å². The summed E-state index contributed by atoms with van der Waals surface area (Å²) < 4.78 is 11.1. The second-order valence-electron chi connectivity index (χ2n) is 15.5. The van der Waals surface area contributed by atoms with Gasteiger partial charge in [-0.3, -0.25) is 19.2 Å². The summed E-state index contributed by atoms with van der Waals surface area (Å²) in [5, 5.41) is 8.99. The molecule has 0 amide bonds. The summed E-state index contributed by atoms with van der Waals surface area (Å²) in [6.45, 7) is 4.43. The van der Waals surface area contributed by atoms with Gasteiger partial charge >= 0.3 is 17.9 Å². The Morgan fingerprint density at radius 1 is 0.491 bits per heavy atom. The minimum absolute atomic E-state index is 0. The van der Waals surface area contributed by atoms with Crippen molar-refractivity contribution in [2.45, 2.75) is 251 Å². The summed E-state index contributed by atoms with van der Waals surface area (Å²) in [4.78, 5) is 48.5. The maximum absolute atomic E-state index is 12.6. The van der Waals surface area contributed by atoms with Gasteiger partial charge in [-0.1, -0.05) is 194 Å². The maximum Gasteiger partial charge on any atom is 0.309 e. The standard InChI is InChI=1S/C44H83NO7.ClH/c1-3-5-7-9-11-13-15-17-19-21-23-25-27-29-31-33-43(49)51-38-39(35-36-41(46)40(45)37-42(47)48)52-44(50)34-32-30-28-26-24-22-20-18-16-14-12-10-8-6-4-2;/h39-40H,3-38,45H2,1-2H3,(H,47,48);1H. The molecule has 0 aliphatic carbocycles. The molecule has 0 rings (SSSR count). The third-order valence-electron chi connectivity index (χ3n) is 10.3. The quantitative estimate of drug-likeness (QED) is 0.0471. The van der Waals surface area contributed by atoms with E-state index in [9.17, 15) is 19.2 Å². The van der Waals surface area contributed by atoms with Crippen molar-refractivity contribution in [3.63, 3.8) is 0 Å². The van der Waals surface area contributed by atoms with Crippen LogP contribution in [0.25, 0.3) is 0 Å². The third kappa shape index (κ3) is 39.8. The average molecular weight is 775 g/mol. The number of unbranched alkanes of at least 4 members (excludes halogenated alkanes) is 28. The molecule has 2 unspecified atom stereocenters. The maximum atomic E-state index is 12.6. The van der Waals surface area contributed by atoms with E-state index in [2.05, 4.69) is 19.6 Å². The number of halogens is 1. The number of hydrogen-bond donors (Lipinski definition) is 2. The van der Waals surface area contributed by atoms with Crippen molar-refractivity contribution in [1.29, 1.82) is 0 Å². The lowest BCUT2D eigenvalue weighted by molar-refractivity contribution is -0.402. The molecule has 8 nitrogen and oxygen atoms in total. The SMILES string of the molecule is CCCCCCCCCCCCCCCCCC(=O)OCC(CCC(=O)C([NH3+])CC(=O)O)OC(=O)CCCCCCCCCCCCCCCCC.[Cl-]. The van der Waals surface area contributed by atoms with Crippen LogP contribution in [0.1, 0.15) is 239 Å². The lowest BCUT2D eigenvalue weighted by Gasteiger charge is -2.18. The summed E-state index contributed by atoms with van der Waals surface area (Å²) in [5.41, 5.74) is 3.66. The van der Waals surface area contributed by atoms with E-state index in [0.29, 0.717) is 12.8 Å². The van der Waals surface area contributed by atoms with Crippen LogP contribution >= 0.6 is 0 Å². The largest absolute Gasteiger partial charge is 1.00 e. The van der Waals surface area contributed by atoms with Gasteiger partial charge in [0.15, 0.2) is 11.8 Å². The molecule has 0 aromatic carbocycles. The van der Waals surface area contributed by atoms with Crippen LogP contribution in [0.15, 0.2) is 0 Å². The molecule has 9 heteroatoms. The van der Waals surface area contributed by atoms with E-state index in [-0.39, 0.29) is 56.0 Å². The molecule has 2 atom stereocenters. The number of hydrogen-bond acceptors (Lipinski definition) is 6. The van der Waals surface area contributed by atoms with Crippen LogP contribution in [0.4, 0.5) is 0 Å². The fourth-order valence-corrected chi connectivity index (χ4v) is 6.79. The first-order chi connectivity index (χ1) is 25.3. The Kier molecular flexibility index (Phi) is 41.8. The molecule has 314 valence electrons. The number of Topliss-reactive ketones (excluding diaryl/α,β-unsaturated/α-hetero) is 1. The molecule has 0 heterocycles. The number of carboxylic acids is 1. The van der Waals surface area contributed by atoms with Crippen molar-refractivity contribution in [3.8, 4) is 0 Å². The van der Waals surface area contributed by atoms with E-state index in [4.69, 9.17) is 14.6 Å². The van der Waals surface area contributed by atoms with Crippen LogP contribution in [0.2, 0.25) is 0 Å². The topological polar surface area (TPSA) is 135 Å². The fourth-order valence-electron chi connectivity index (χ4n) is 6.79. The highest BCUT2D eigenvalue weighted by Gasteiger charge is 2.24. The van der Waals surface area contributed by atoms with Gasteiger partial charge in [-0.25, -0.2) is 0 Å². The van der Waals surface area contributed by atoms with E-state index in [0.717, 1.165) is 38.5 Å². The van der Waals surface area contributed by atoms with Gasteiger partial charge in [-0.15, -0.1) is 0 Å². The van der Waals surface area contributed by atoms with E-state index < -0.39 is 18.1 Å². The summed E-state index contributed by atoms with van der Waals surface area (Å²) in [6, 6.07) is -0.859. The zero-order valence-corrected chi connectivity index (χ0v) is 35.3.